The molecule has 0 aromatic heterocycles. The average Bonchev–Trinajstić information content (AvgIpc) is 3.47. The van der Waals surface area contributed by atoms with E-state index in [9.17, 15) is 14.4 Å². The number of hydrogen-bond donors (Lipinski definition) is 0. The van der Waals surface area contributed by atoms with Gasteiger partial charge in [0.2, 0.25) is 0 Å². The molecule has 0 aromatic rings. The van der Waals surface area contributed by atoms with Crippen LogP contribution in [0.5, 0.6) is 0 Å². The molecule has 0 radical (unpaired) electrons. The highest BCUT2D eigenvalue weighted by atomic mass is 16.6. The molecule has 464 valence electrons. The van der Waals surface area contributed by atoms with Gasteiger partial charge >= 0.3 is 17.9 Å². The summed E-state index contributed by atoms with van der Waals surface area (Å²) in [5.74, 6) is -0.935. The molecule has 0 aromatic carbocycles. The largest absolute Gasteiger partial charge is 0.462 e. The summed E-state index contributed by atoms with van der Waals surface area (Å²) in [5.41, 5.74) is 0. The molecule has 0 bridgehead atoms. The Labute approximate surface area is 506 Å². The third kappa shape index (κ3) is 66.1. The molecule has 82 heavy (non-hydrogen) atoms. The van der Waals surface area contributed by atoms with Crippen LogP contribution in [0.25, 0.3) is 0 Å². The van der Waals surface area contributed by atoms with Gasteiger partial charge in [0.05, 0.1) is 0 Å². The lowest BCUT2D eigenvalue weighted by molar-refractivity contribution is -0.167. The van der Waals surface area contributed by atoms with Crippen molar-refractivity contribution >= 4 is 17.9 Å². The SMILES string of the molecule is CC/C=C\C/C=C\C/C=C\C/C=C\C/C=C\C/C=C\C/C=C\C/C=C\C/C=C\CCCCCC(=O)OCC(COC(=O)CCCCCCCCCC)OC(=O)CCCCCCCCCCCC/C=C\C/C=C\C/C=C\CCCCCCC. The van der Waals surface area contributed by atoms with E-state index in [0.29, 0.717) is 19.3 Å². The second kappa shape index (κ2) is 68.8. The molecular weight excluding hydrogens is 1010 g/mol. The zero-order chi connectivity index (χ0) is 59.2. The zero-order valence-corrected chi connectivity index (χ0v) is 53.2. The smallest absolute Gasteiger partial charge is 0.306 e. The molecule has 0 fully saturated rings. The number of carbonyl (C=O) groups is 3. The van der Waals surface area contributed by atoms with Gasteiger partial charge in [-0.2, -0.15) is 0 Å². The highest BCUT2D eigenvalue weighted by molar-refractivity contribution is 5.71. The normalized spacial score (nSPS) is 13.1. The number of allylic oxidation sites excluding steroid dienone is 24. The van der Waals surface area contributed by atoms with E-state index in [1.807, 2.05) is 0 Å². The number of carbonyl (C=O) groups excluding carboxylic acids is 3. The van der Waals surface area contributed by atoms with Gasteiger partial charge < -0.3 is 14.2 Å². The molecule has 0 aliphatic rings. The molecule has 0 heterocycles. The summed E-state index contributed by atoms with van der Waals surface area (Å²) < 4.78 is 16.8. The summed E-state index contributed by atoms with van der Waals surface area (Å²) >= 11 is 0. The van der Waals surface area contributed by atoms with E-state index < -0.39 is 6.10 Å². The highest BCUT2D eigenvalue weighted by Crippen LogP contribution is 2.15. The van der Waals surface area contributed by atoms with Crippen LogP contribution in [0.15, 0.2) is 146 Å². The number of esters is 3. The maximum Gasteiger partial charge on any atom is 0.306 e. The molecule has 1 unspecified atom stereocenters. The summed E-state index contributed by atoms with van der Waals surface area (Å²) in [6.07, 6.45) is 98.8. The fourth-order valence-electron chi connectivity index (χ4n) is 9.03. The molecule has 0 aliphatic carbocycles. The number of rotatable bonds is 60. The summed E-state index contributed by atoms with van der Waals surface area (Å²) in [5, 5.41) is 0. The maximum atomic E-state index is 12.9. The van der Waals surface area contributed by atoms with Crippen LogP contribution in [0.2, 0.25) is 0 Å². The Morgan fingerprint density at radius 2 is 0.476 bits per heavy atom. The van der Waals surface area contributed by atoms with Crippen molar-refractivity contribution in [1.29, 1.82) is 0 Å². The van der Waals surface area contributed by atoms with Crippen molar-refractivity contribution in [2.24, 2.45) is 0 Å². The Morgan fingerprint density at radius 1 is 0.256 bits per heavy atom. The minimum Gasteiger partial charge on any atom is -0.462 e. The lowest BCUT2D eigenvalue weighted by Crippen LogP contribution is -2.30. The van der Waals surface area contributed by atoms with Gasteiger partial charge in [0, 0.05) is 19.3 Å². The second-order valence-electron chi connectivity index (χ2n) is 22.0. The monoisotopic (exact) mass is 1130 g/mol. The number of ether oxygens (including phenoxy) is 3. The van der Waals surface area contributed by atoms with E-state index in [0.717, 1.165) is 135 Å². The molecule has 0 saturated carbocycles. The molecule has 0 amide bonds. The van der Waals surface area contributed by atoms with Crippen LogP contribution in [-0.2, 0) is 28.6 Å². The second-order valence-corrected chi connectivity index (χ2v) is 22.0. The summed E-state index contributed by atoms with van der Waals surface area (Å²) in [7, 11) is 0. The molecule has 0 saturated heterocycles. The van der Waals surface area contributed by atoms with Crippen molar-refractivity contribution in [3.63, 3.8) is 0 Å². The van der Waals surface area contributed by atoms with Gasteiger partial charge in [-0.1, -0.05) is 295 Å². The highest BCUT2D eigenvalue weighted by Gasteiger charge is 2.19. The summed E-state index contributed by atoms with van der Waals surface area (Å²) in [6, 6.07) is 0. The van der Waals surface area contributed by atoms with Crippen molar-refractivity contribution in [3.05, 3.63) is 146 Å². The molecule has 0 spiro atoms. The van der Waals surface area contributed by atoms with Gasteiger partial charge in [-0.15, -0.1) is 0 Å². The third-order valence-corrected chi connectivity index (χ3v) is 14.1. The lowest BCUT2D eigenvalue weighted by Gasteiger charge is -2.18. The molecule has 0 N–H and O–H groups in total. The van der Waals surface area contributed by atoms with Gasteiger partial charge in [-0.25, -0.2) is 0 Å². The fourth-order valence-corrected chi connectivity index (χ4v) is 9.03. The van der Waals surface area contributed by atoms with Gasteiger partial charge in [0.1, 0.15) is 13.2 Å². The minimum atomic E-state index is -0.798. The molecule has 0 aliphatic heterocycles. The van der Waals surface area contributed by atoms with Gasteiger partial charge in [0.25, 0.3) is 0 Å². The van der Waals surface area contributed by atoms with E-state index in [1.54, 1.807) is 0 Å². The maximum absolute atomic E-state index is 12.9. The average molecular weight is 1130 g/mol. The van der Waals surface area contributed by atoms with Crippen LogP contribution in [0.3, 0.4) is 0 Å². The van der Waals surface area contributed by atoms with Crippen LogP contribution in [0, 0.1) is 0 Å². The molecular formula is C76H124O6. The third-order valence-electron chi connectivity index (χ3n) is 14.1. The fraction of sp³-hybridized carbons (Fsp3) is 0.645. The van der Waals surface area contributed by atoms with Crippen LogP contribution in [0.4, 0.5) is 0 Å². The quantitative estimate of drug-likeness (QED) is 0.0261. The molecule has 6 nitrogen and oxygen atoms in total. The Kier molecular flexibility index (Phi) is 64.8. The molecule has 0 rings (SSSR count). The van der Waals surface area contributed by atoms with E-state index in [1.165, 1.54) is 122 Å². The zero-order valence-electron chi connectivity index (χ0n) is 53.2. The Balaban J connectivity index is 4.27. The van der Waals surface area contributed by atoms with Crippen molar-refractivity contribution in [1.82, 2.24) is 0 Å². The Hall–Kier alpha value is -4.71. The van der Waals surface area contributed by atoms with Crippen LogP contribution in [-0.4, -0.2) is 37.2 Å². The van der Waals surface area contributed by atoms with Crippen molar-refractivity contribution in [2.45, 2.75) is 303 Å². The van der Waals surface area contributed by atoms with Gasteiger partial charge in [-0.05, 0) is 128 Å². The topological polar surface area (TPSA) is 78.9 Å². The first kappa shape index (κ1) is 77.3. The number of hydrogen-bond acceptors (Lipinski definition) is 6. The first-order valence-corrected chi connectivity index (χ1v) is 33.8. The van der Waals surface area contributed by atoms with Crippen molar-refractivity contribution in [3.8, 4) is 0 Å². The van der Waals surface area contributed by atoms with E-state index in [2.05, 4.69) is 167 Å². The van der Waals surface area contributed by atoms with E-state index in [4.69, 9.17) is 14.2 Å². The van der Waals surface area contributed by atoms with Crippen molar-refractivity contribution in [2.75, 3.05) is 13.2 Å². The van der Waals surface area contributed by atoms with Gasteiger partial charge in [-0.3, -0.25) is 14.4 Å². The minimum absolute atomic E-state index is 0.0931. The van der Waals surface area contributed by atoms with Crippen LogP contribution in [0.1, 0.15) is 297 Å². The van der Waals surface area contributed by atoms with E-state index >= 15 is 0 Å². The van der Waals surface area contributed by atoms with Crippen molar-refractivity contribution < 1.29 is 28.6 Å². The van der Waals surface area contributed by atoms with E-state index in [-0.39, 0.29) is 31.1 Å². The standard InChI is InChI=1S/C76H124O6/c1-4-7-10-13-16-19-21-23-25-27-29-31-33-35-36-37-38-39-40-42-43-45-47-49-51-53-55-57-60-63-66-69-75(78)81-72-73(71-80-74(77)68-65-62-59-18-15-12-9-6-3)82-76(79)70-67-64-61-58-56-54-52-50-48-46-44-41-34-32-30-28-26-24-22-20-17-14-11-8-5-2/h7,10,16,19,22-25,28-31,34-36,38-39,41-43,47,49,53,55,73H,4-6,8-9,11-15,17-18,20-21,26-27,32-33,37,40,44-46,48,50-52,54,56-72H2,1-3H3/b10-7-,19-16-,24-22-,25-23-,30-28-,31-29-,36-35-,39-38-,41-34-,43-42-,49-47-,55-53-. The first-order chi connectivity index (χ1) is 40.5. The van der Waals surface area contributed by atoms with Crippen LogP contribution >= 0.6 is 0 Å². The number of unbranched alkanes of at least 4 members (excludes halogenated alkanes) is 25. The first-order valence-electron chi connectivity index (χ1n) is 33.8. The Bertz CT molecular complexity index is 1780. The Morgan fingerprint density at radius 3 is 0.756 bits per heavy atom. The predicted octanol–water partition coefficient (Wildman–Crippen LogP) is 23.5. The summed E-state index contributed by atoms with van der Waals surface area (Å²) in [6.45, 7) is 6.46. The van der Waals surface area contributed by atoms with Gasteiger partial charge in [0.15, 0.2) is 6.10 Å². The summed E-state index contributed by atoms with van der Waals surface area (Å²) in [4.78, 5) is 38.2. The lowest BCUT2D eigenvalue weighted by atomic mass is 10.0. The van der Waals surface area contributed by atoms with Crippen LogP contribution < -0.4 is 0 Å². The molecule has 6 heteroatoms. The predicted molar refractivity (Wildman–Crippen MR) is 357 cm³/mol. The molecule has 1 atom stereocenters.